The van der Waals surface area contributed by atoms with Gasteiger partial charge in [-0.2, -0.15) is 5.26 Å². The van der Waals surface area contributed by atoms with E-state index in [1.165, 1.54) is 24.6 Å². The molecule has 2 aromatic heterocycles. The largest absolute Gasteiger partial charge is 0.465 e. The van der Waals surface area contributed by atoms with Crippen molar-refractivity contribution in [3.8, 4) is 6.07 Å². The molecule has 3 aromatic rings. The van der Waals surface area contributed by atoms with Gasteiger partial charge in [0.1, 0.15) is 29.2 Å². The number of amides is 1. The number of pyridine rings is 1. The number of carbonyl (C=O) groups excluding carboxylic acids is 2. The van der Waals surface area contributed by atoms with Gasteiger partial charge in [0.25, 0.3) is 5.56 Å². The van der Waals surface area contributed by atoms with E-state index in [0.29, 0.717) is 5.01 Å². The number of nitriles is 1. The maximum Gasteiger partial charge on any atom is 0.339 e. The van der Waals surface area contributed by atoms with Crippen molar-refractivity contribution in [2.45, 2.75) is 12.6 Å². The van der Waals surface area contributed by atoms with Crippen LogP contribution in [0.1, 0.15) is 32.5 Å². The summed E-state index contributed by atoms with van der Waals surface area (Å²) in [5, 5.41) is 14.5. The fourth-order valence-corrected chi connectivity index (χ4v) is 3.45. The molecule has 0 radical (unpaired) electrons. The Bertz CT molecular complexity index is 1120. The summed E-state index contributed by atoms with van der Waals surface area (Å²) in [4.78, 5) is 41.2. The van der Waals surface area contributed by atoms with E-state index < -0.39 is 23.5 Å². The first kappa shape index (κ1) is 20.0. The lowest BCUT2D eigenvalue weighted by Gasteiger charge is -2.18. The van der Waals surface area contributed by atoms with Gasteiger partial charge in [0.2, 0.25) is 5.91 Å². The monoisotopic (exact) mass is 408 g/mol. The van der Waals surface area contributed by atoms with Crippen LogP contribution in [0.4, 0.5) is 0 Å². The quantitative estimate of drug-likeness (QED) is 0.623. The van der Waals surface area contributed by atoms with Crippen LogP contribution < -0.4 is 10.9 Å². The normalized spacial score (nSPS) is 11.3. The van der Waals surface area contributed by atoms with E-state index in [2.05, 4.69) is 15.0 Å². The highest BCUT2D eigenvalue weighted by molar-refractivity contribution is 7.09. The molecule has 9 heteroatoms. The van der Waals surface area contributed by atoms with Crippen LogP contribution in [0.25, 0.3) is 0 Å². The fraction of sp³-hybridized carbons (Fsp3) is 0.150. The van der Waals surface area contributed by atoms with Crippen molar-refractivity contribution in [2.24, 2.45) is 0 Å². The second kappa shape index (κ2) is 8.95. The number of esters is 1. The van der Waals surface area contributed by atoms with E-state index >= 15 is 0 Å². The Balaban J connectivity index is 1.89. The number of hydrogen-bond acceptors (Lipinski definition) is 7. The van der Waals surface area contributed by atoms with Crippen LogP contribution in [0.5, 0.6) is 0 Å². The number of aromatic nitrogens is 2. The molecule has 1 N–H and O–H groups in total. The molecular formula is C20H16N4O4S. The van der Waals surface area contributed by atoms with Crippen LogP contribution >= 0.6 is 11.3 Å². The third-order valence-corrected chi connectivity index (χ3v) is 4.92. The minimum Gasteiger partial charge on any atom is -0.465 e. The van der Waals surface area contributed by atoms with Crippen molar-refractivity contribution in [1.29, 1.82) is 5.26 Å². The molecule has 3 rings (SSSR count). The number of carbonyl (C=O) groups is 2. The molecule has 0 bridgehead atoms. The molecule has 0 aliphatic heterocycles. The van der Waals surface area contributed by atoms with Crippen molar-refractivity contribution in [2.75, 3.05) is 7.11 Å². The Morgan fingerprint density at radius 2 is 2.10 bits per heavy atom. The molecule has 0 saturated carbocycles. The maximum absolute atomic E-state index is 12.7. The topological polar surface area (TPSA) is 114 Å². The Hall–Kier alpha value is -3.77. The predicted molar refractivity (Wildman–Crippen MR) is 105 cm³/mol. The molecular weight excluding hydrogens is 392 g/mol. The van der Waals surface area contributed by atoms with Gasteiger partial charge in [-0.15, -0.1) is 11.3 Å². The van der Waals surface area contributed by atoms with Crippen LogP contribution in [-0.2, 0) is 16.1 Å². The zero-order valence-corrected chi connectivity index (χ0v) is 16.2. The number of thiazole rings is 1. The minimum absolute atomic E-state index is 0.0102. The van der Waals surface area contributed by atoms with Gasteiger partial charge in [0.05, 0.1) is 12.7 Å². The van der Waals surface area contributed by atoms with Gasteiger partial charge < -0.3 is 14.6 Å². The van der Waals surface area contributed by atoms with E-state index in [1.54, 1.807) is 17.6 Å². The van der Waals surface area contributed by atoms with Gasteiger partial charge >= 0.3 is 5.97 Å². The highest BCUT2D eigenvalue weighted by Gasteiger charge is 2.20. The summed E-state index contributed by atoms with van der Waals surface area (Å²) in [7, 11) is 1.19. The van der Waals surface area contributed by atoms with Crippen LogP contribution in [0.3, 0.4) is 0 Å². The number of benzene rings is 1. The molecule has 1 atom stereocenters. The maximum atomic E-state index is 12.7. The molecule has 0 fully saturated rings. The first-order valence-electron chi connectivity index (χ1n) is 8.50. The fourth-order valence-electron chi connectivity index (χ4n) is 2.73. The Morgan fingerprint density at radius 3 is 2.72 bits per heavy atom. The number of rotatable bonds is 6. The lowest BCUT2D eigenvalue weighted by atomic mass is 10.1. The SMILES string of the molecule is COC(=O)c1cc(C#N)c(=O)n(CC(=O)NC(c2ccccc2)c2nccs2)c1. The molecule has 1 aromatic carbocycles. The highest BCUT2D eigenvalue weighted by atomic mass is 32.1. The van der Waals surface area contributed by atoms with E-state index in [1.807, 2.05) is 30.3 Å². The highest BCUT2D eigenvalue weighted by Crippen LogP contribution is 2.23. The molecule has 8 nitrogen and oxygen atoms in total. The first-order valence-corrected chi connectivity index (χ1v) is 9.38. The predicted octanol–water partition coefficient (Wildman–Crippen LogP) is 1.87. The van der Waals surface area contributed by atoms with Gasteiger partial charge in [-0.3, -0.25) is 9.59 Å². The van der Waals surface area contributed by atoms with Crippen molar-refractivity contribution >= 4 is 23.2 Å². The van der Waals surface area contributed by atoms with E-state index in [4.69, 9.17) is 5.26 Å². The second-order valence-electron chi connectivity index (χ2n) is 5.96. The van der Waals surface area contributed by atoms with E-state index in [-0.39, 0.29) is 17.7 Å². The van der Waals surface area contributed by atoms with Gasteiger partial charge in [-0.25, -0.2) is 9.78 Å². The molecule has 0 aliphatic carbocycles. The second-order valence-corrected chi connectivity index (χ2v) is 6.89. The smallest absolute Gasteiger partial charge is 0.339 e. The molecule has 1 amide bonds. The number of methoxy groups -OCH3 is 1. The number of nitrogens with one attached hydrogen (secondary N) is 1. The van der Waals surface area contributed by atoms with Gasteiger partial charge in [-0.1, -0.05) is 30.3 Å². The summed E-state index contributed by atoms with van der Waals surface area (Å²) in [6, 6.07) is 11.7. The molecule has 0 saturated heterocycles. The van der Waals surface area contributed by atoms with Crippen LogP contribution in [0, 0.1) is 11.3 Å². The summed E-state index contributed by atoms with van der Waals surface area (Å²) in [6.45, 7) is -0.368. The standard InChI is InChI=1S/C20H16N4O4S/c1-28-20(27)15-9-14(10-21)19(26)24(11-15)12-16(25)23-17(18-22-7-8-29-18)13-5-3-2-4-6-13/h2-9,11,17H,12H2,1H3,(H,23,25). The molecule has 0 spiro atoms. The third-order valence-electron chi connectivity index (χ3n) is 4.08. The molecule has 146 valence electrons. The van der Waals surface area contributed by atoms with Crippen molar-refractivity contribution < 1.29 is 14.3 Å². The lowest BCUT2D eigenvalue weighted by molar-refractivity contribution is -0.122. The minimum atomic E-state index is -0.708. The van der Waals surface area contributed by atoms with Gasteiger partial charge in [-0.05, 0) is 11.6 Å². The molecule has 1 unspecified atom stereocenters. The zero-order valence-electron chi connectivity index (χ0n) is 15.4. The van der Waals surface area contributed by atoms with Crippen LogP contribution in [-0.4, -0.2) is 28.5 Å². The van der Waals surface area contributed by atoms with Gasteiger partial charge in [0.15, 0.2) is 0 Å². The van der Waals surface area contributed by atoms with Crippen LogP contribution in [0.2, 0.25) is 0 Å². The van der Waals surface area contributed by atoms with E-state index in [0.717, 1.165) is 16.2 Å². The average Bonchev–Trinajstić information content (AvgIpc) is 3.28. The average molecular weight is 408 g/mol. The van der Waals surface area contributed by atoms with E-state index in [9.17, 15) is 14.4 Å². The number of nitrogens with zero attached hydrogens (tertiary/aromatic N) is 3. The Kier molecular flexibility index (Phi) is 6.16. The summed E-state index contributed by atoms with van der Waals surface area (Å²) in [5.41, 5.74) is -0.0683. The lowest BCUT2D eigenvalue weighted by Crippen LogP contribution is -2.36. The zero-order chi connectivity index (χ0) is 20.8. The van der Waals surface area contributed by atoms with Crippen molar-refractivity contribution in [3.63, 3.8) is 0 Å². The van der Waals surface area contributed by atoms with Crippen molar-refractivity contribution in [1.82, 2.24) is 14.9 Å². The summed E-state index contributed by atoms with van der Waals surface area (Å²) in [5.74, 6) is -1.18. The summed E-state index contributed by atoms with van der Waals surface area (Å²) >= 11 is 1.39. The van der Waals surface area contributed by atoms with Crippen LogP contribution in [0.15, 0.2) is 59.0 Å². The van der Waals surface area contributed by atoms with Crippen molar-refractivity contribution in [3.05, 3.63) is 86.2 Å². The molecule has 29 heavy (non-hydrogen) atoms. The molecule has 2 heterocycles. The Labute approximate surface area is 170 Å². The Morgan fingerprint density at radius 1 is 1.34 bits per heavy atom. The van der Waals surface area contributed by atoms with Gasteiger partial charge in [0, 0.05) is 17.8 Å². The number of ether oxygens (including phenoxy) is 1. The third kappa shape index (κ3) is 4.56. The number of hydrogen-bond donors (Lipinski definition) is 1. The summed E-state index contributed by atoms with van der Waals surface area (Å²) < 4.78 is 5.65. The summed E-state index contributed by atoms with van der Waals surface area (Å²) in [6.07, 6.45) is 2.85. The first-order chi connectivity index (χ1) is 14.0. The molecule has 0 aliphatic rings.